The summed E-state index contributed by atoms with van der Waals surface area (Å²) in [5.74, 6) is 1.25. The molecule has 7 heteroatoms. The number of ether oxygens (including phenoxy) is 1. The lowest BCUT2D eigenvalue weighted by molar-refractivity contribution is 0.242. The minimum atomic E-state index is -0.211. The highest BCUT2D eigenvalue weighted by Gasteiger charge is 2.14. The zero-order chi connectivity index (χ0) is 20.4. The van der Waals surface area contributed by atoms with Gasteiger partial charge in [0.1, 0.15) is 11.6 Å². The fourth-order valence-electron chi connectivity index (χ4n) is 2.72. The van der Waals surface area contributed by atoms with Crippen LogP contribution in [0.5, 0.6) is 5.75 Å². The van der Waals surface area contributed by atoms with E-state index in [2.05, 4.69) is 26.0 Å². The molecule has 1 heterocycles. The predicted molar refractivity (Wildman–Crippen MR) is 118 cm³/mol. The van der Waals surface area contributed by atoms with Gasteiger partial charge in [0.25, 0.3) is 5.56 Å². The summed E-state index contributed by atoms with van der Waals surface area (Å²) in [4.78, 5) is 17.6. The molecule has 146 valence electrons. The average molecular weight is 463 g/mol. The summed E-state index contributed by atoms with van der Waals surface area (Å²) in [5.41, 5.74) is 1.20. The van der Waals surface area contributed by atoms with Gasteiger partial charge in [-0.2, -0.15) is 9.78 Å². The molecule has 0 unspecified atom stereocenters. The number of rotatable bonds is 5. The minimum absolute atomic E-state index is 0.0308. The van der Waals surface area contributed by atoms with Crippen molar-refractivity contribution in [3.8, 4) is 5.75 Å². The van der Waals surface area contributed by atoms with Crippen molar-refractivity contribution in [3.05, 3.63) is 67.6 Å². The molecule has 0 fully saturated rings. The van der Waals surface area contributed by atoms with Crippen LogP contribution in [0.1, 0.15) is 45.0 Å². The Kier molecular flexibility index (Phi) is 6.20. The second-order valence-electron chi connectivity index (χ2n) is 7.00. The van der Waals surface area contributed by atoms with Crippen LogP contribution in [0, 0.1) is 0 Å². The Morgan fingerprint density at radius 1 is 1.18 bits per heavy atom. The van der Waals surface area contributed by atoms with E-state index in [9.17, 15) is 4.79 Å². The van der Waals surface area contributed by atoms with Crippen LogP contribution in [0.3, 0.4) is 0 Å². The Morgan fingerprint density at radius 3 is 2.57 bits per heavy atom. The summed E-state index contributed by atoms with van der Waals surface area (Å²) in [6.07, 6.45) is 1.64. The van der Waals surface area contributed by atoms with Gasteiger partial charge >= 0.3 is 0 Å². The maximum absolute atomic E-state index is 13.0. The zero-order valence-corrected chi connectivity index (χ0v) is 18.5. The van der Waals surface area contributed by atoms with E-state index in [1.165, 1.54) is 4.68 Å². The number of fused-ring (bicyclic) bond motifs is 1. The van der Waals surface area contributed by atoms with Gasteiger partial charge in [-0.1, -0.05) is 41.4 Å². The third kappa shape index (κ3) is 4.45. The van der Waals surface area contributed by atoms with Crippen molar-refractivity contribution in [3.63, 3.8) is 0 Å². The summed E-state index contributed by atoms with van der Waals surface area (Å²) < 4.78 is 7.82. The van der Waals surface area contributed by atoms with E-state index < -0.39 is 0 Å². The number of aromatic nitrogens is 2. The van der Waals surface area contributed by atoms with Crippen molar-refractivity contribution >= 4 is 44.6 Å². The van der Waals surface area contributed by atoms with Crippen molar-refractivity contribution in [2.45, 2.75) is 39.7 Å². The zero-order valence-electron chi connectivity index (χ0n) is 16.1. The van der Waals surface area contributed by atoms with Crippen molar-refractivity contribution in [1.29, 1.82) is 0 Å². The molecule has 0 amide bonds. The van der Waals surface area contributed by atoms with E-state index in [1.54, 1.807) is 24.4 Å². The Bertz CT molecular complexity index is 1110. The molecule has 3 rings (SSSR count). The molecule has 5 nitrogen and oxygen atoms in total. The van der Waals surface area contributed by atoms with Crippen LogP contribution in [0.2, 0.25) is 5.02 Å². The first kappa shape index (κ1) is 20.6. The maximum Gasteiger partial charge on any atom is 0.282 e. The summed E-state index contributed by atoms with van der Waals surface area (Å²) in [6, 6.07) is 10.9. The molecule has 0 aliphatic carbocycles. The molecule has 3 aromatic rings. The molecule has 1 aromatic heterocycles. The molecular weight excluding hydrogens is 442 g/mol. The second kappa shape index (κ2) is 8.45. The van der Waals surface area contributed by atoms with Gasteiger partial charge in [-0.25, -0.2) is 4.98 Å². The van der Waals surface area contributed by atoms with Crippen LogP contribution >= 0.6 is 27.5 Å². The van der Waals surface area contributed by atoms with Gasteiger partial charge in [0.05, 0.1) is 28.2 Å². The van der Waals surface area contributed by atoms with E-state index in [0.29, 0.717) is 27.5 Å². The number of benzene rings is 2. The SMILES string of the molecule is CC(C)Oc1ccc(C=Nn2c(C(C)C)nc3ccc(Br)cc3c2=O)cc1Cl. The van der Waals surface area contributed by atoms with Crippen LogP contribution in [0.4, 0.5) is 0 Å². The van der Waals surface area contributed by atoms with Gasteiger partial charge in [0.15, 0.2) is 0 Å². The van der Waals surface area contributed by atoms with Gasteiger partial charge in [-0.15, -0.1) is 0 Å². The quantitative estimate of drug-likeness (QED) is 0.463. The molecule has 28 heavy (non-hydrogen) atoms. The molecule has 2 aromatic carbocycles. The Morgan fingerprint density at radius 2 is 1.93 bits per heavy atom. The molecule has 0 aliphatic heterocycles. The highest BCUT2D eigenvalue weighted by molar-refractivity contribution is 9.10. The van der Waals surface area contributed by atoms with Gasteiger partial charge in [0, 0.05) is 10.4 Å². The average Bonchev–Trinajstić information content (AvgIpc) is 2.63. The topological polar surface area (TPSA) is 56.5 Å². The van der Waals surface area contributed by atoms with Crippen LogP contribution in [0.15, 0.2) is 50.8 Å². The first-order valence-corrected chi connectivity index (χ1v) is 10.2. The number of halogens is 2. The number of hydrogen-bond acceptors (Lipinski definition) is 4. The summed E-state index contributed by atoms with van der Waals surface area (Å²) in [7, 11) is 0. The Labute approximate surface area is 177 Å². The molecule has 0 radical (unpaired) electrons. The fourth-order valence-corrected chi connectivity index (χ4v) is 3.32. The van der Waals surface area contributed by atoms with Gasteiger partial charge < -0.3 is 4.74 Å². The van der Waals surface area contributed by atoms with Crippen molar-refractivity contribution in [1.82, 2.24) is 9.66 Å². The van der Waals surface area contributed by atoms with Crippen LogP contribution in [-0.2, 0) is 0 Å². The summed E-state index contributed by atoms with van der Waals surface area (Å²) >= 11 is 9.70. The highest BCUT2D eigenvalue weighted by Crippen LogP contribution is 2.26. The smallest absolute Gasteiger partial charge is 0.282 e. The van der Waals surface area contributed by atoms with Gasteiger partial charge in [-0.05, 0) is 55.8 Å². The maximum atomic E-state index is 13.0. The van der Waals surface area contributed by atoms with E-state index in [4.69, 9.17) is 16.3 Å². The van der Waals surface area contributed by atoms with E-state index >= 15 is 0 Å². The third-order valence-corrected chi connectivity index (χ3v) is 4.78. The lowest BCUT2D eigenvalue weighted by atomic mass is 10.2. The van der Waals surface area contributed by atoms with E-state index in [1.807, 2.05) is 45.9 Å². The Balaban J connectivity index is 2.06. The van der Waals surface area contributed by atoms with Crippen LogP contribution < -0.4 is 10.3 Å². The van der Waals surface area contributed by atoms with Crippen LogP contribution in [0.25, 0.3) is 10.9 Å². The van der Waals surface area contributed by atoms with Crippen molar-refractivity contribution in [2.75, 3.05) is 0 Å². The molecule has 0 saturated heterocycles. The highest BCUT2D eigenvalue weighted by atomic mass is 79.9. The molecule has 0 atom stereocenters. The lowest BCUT2D eigenvalue weighted by Gasteiger charge is -2.12. The number of nitrogens with zero attached hydrogens (tertiary/aromatic N) is 3. The molecule has 0 saturated carbocycles. The first-order valence-electron chi connectivity index (χ1n) is 8.99. The standard InChI is InChI=1S/C21H21BrClN3O2/c1-12(2)20-25-18-7-6-15(22)10-16(18)21(27)26(20)24-11-14-5-8-19(17(23)9-14)28-13(3)4/h5-13H,1-4H3. The molecule has 0 N–H and O–H groups in total. The lowest BCUT2D eigenvalue weighted by Crippen LogP contribution is -2.23. The van der Waals surface area contributed by atoms with Gasteiger partial charge in [-0.3, -0.25) is 4.79 Å². The summed E-state index contributed by atoms with van der Waals surface area (Å²) in [6.45, 7) is 7.84. The normalized spacial score (nSPS) is 11.9. The van der Waals surface area contributed by atoms with Crippen LogP contribution in [-0.4, -0.2) is 22.0 Å². The predicted octanol–water partition coefficient (Wildman–Crippen LogP) is 5.61. The molecule has 0 bridgehead atoms. The largest absolute Gasteiger partial charge is 0.489 e. The van der Waals surface area contributed by atoms with E-state index in [-0.39, 0.29) is 17.6 Å². The second-order valence-corrected chi connectivity index (χ2v) is 8.33. The molecule has 0 aliphatic rings. The fraction of sp³-hybridized carbons (Fsp3) is 0.286. The Hall–Kier alpha value is -2.18. The monoisotopic (exact) mass is 461 g/mol. The number of hydrogen-bond donors (Lipinski definition) is 0. The molecule has 0 spiro atoms. The first-order chi connectivity index (χ1) is 13.3. The molecular formula is C21H21BrClN3O2. The minimum Gasteiger partial charge on any atom is -0.489 e. The third-order valence-electron chi connectivity index (χ3n) is 3.99. The van der Waals surface area contributed by atoms with Crippen molar-refractivity contribution < 1.29 is 4.74 Å². The van der Waals surface area contributed by atoms with Gasteiger partial charge in [0.2, 0.25) is 0 Å². The van der Waals surface area contributed by atoms with E-state index in [0.717, 1.165) is 10.0 Å². The van der Waals surface area contributed by atoms with Crippen molar-refractivity contribution in [2.24, 2.45) is 5.10 Å². The summed E-state index contributed by atoms with van der Waals surface area (Å²) in [5, 5.41) is 5.41.